The van der Waals surface area contributed by atoms with Crippen LogP contribution >= 0.6 is 0 Å². The van der Waals surface area contributed by atoms with E-state index in [-0.39, 0.29) is 23.6 Å². The van der Waals surface area contributed by atoms with Crippen LogP contribution in [-0.4, -0.2) is 51.1 Å². The van der Waals surface area contributed by atoms with Crippen LogP contribution < -0.4 is 10.1 Å². The third-order valence-electron chi connectivity index (χ3n) is 4.59. The molecule has 26 heavy (non-hydrogen) atoms. The average Bonchev–Trinajstić information content (AvgIpc) is 3.01. The summed E-state index contributed by atoms with van der Waals surface area (Å²) in [5, 5.41) is 2.85. The van der Waals surface area contributed by atoms with E-state index < -0.39 is 9.84 Å². The van der Waals surface area contributed by atoms with Crippen molar-refractivity contribution in [1.82, 2.24) is 4.90 Å². The number of carbonyl (C=O) groups is 1. The molecular formula is C19H22N2O4S. The summed E-state index contributed by atoms with van der Waals surface area (Å²) in [5.41, 5.74) is 2.59. The number of carbonyl (C=O) groups excluding carboxylic acids is 1. The number of amides is 2. The molecule has 0 unspecified atom stereocenters. The molecule has 0 radical (unpaired) electrons. The number of urea groups is 1. The van der Waals surface area contributed by atoms with Crippen LogP contribution in [0.1, 0.15) is 6.42 Å². The molecule has 0 bridgehead atoms. The van der Waals surface area contributed by atoms with Crippen molar-refractivity contribution in [3.63, 3.8) is 0 Å². The van der Waals surface area contributed by atoms with Crippen molar-refractivity contribution >= 4 is 21.6 Å². The molecule has 0 aliphatic carbocycles. The molecule has 1 aliphatic rings. The van der Waals surface area contributed by atoms with Crippen LogP contribution in [0, 0.1) is 0 Å². The van der Waals surface area contributed by atoms with Gasteiger partial charge >= 0.3 is 6.03 Å². The van der Waals surface area contributed by atoms with Crippen LogP contribution in [-0.2, 0) is 9.84 Å². The highest BCUT2D eigenvalue weighted by atomic mass is 32.2. The van der Waals surface area contributed by atoms with Gasteiger partial charge in [0.15, 0.2) is 9.84 Å². The average molecular weight is 374 g/mol. The van der Waals surface area contributed by atoms with Gasteiger partial charge in [-0.1, -0.05) is 24.3 Å². The highest BCUT2D eigenvalue weighted by Crippen LogP contribution is 2.26. The minimum atomic E-state index is -3.03. The molecular weight excluding hydrogens is 352 g/mol. The Labute approximate surface area is 153 Å². The van der Waals surface area contributed by atoms with Gasteiger partial charge in [-0.05, 0) is 41.8 Å². The van der Waals surface area contributed by atoms with E-state index in [2.05, 4.69) is 5.32 Å². The highest BCUT2D eigenvalue weighted by molar-refractivity contribution is 7.91. The zero-order valence-electron chi connectivity index (χ0n) is 14.8. The Kier molecular flexibility index (Phi) is 5.18. The molecule has 2 amide bonds. The Balaban J connectivity index is 1.73. The first kappa shape index (κ1) is 18.3. The summed E-state index contributed by atoms with van der Waals surface area (Å²) >= 11 is 0. The molecule has 0 saturated carbocycles. The van der Waals surface area contributed by atoms with Crippen LogP contribution in [0.2, 0.25) is 0 Å². The first-order valence-electron chi connectivity index (χ1n) is 8.37. The van der Waals surface area contributed by atoms with E-state index in [1.54, 1.807) is 20.2 Å². The molecule has 3 rings (SSSR count). The molecule has 1 saturated heterocycles. The van der Waals surface area contributed by atoms with E-state index in [9.17, 15) is 13.2 Å². The molecule has 0 spiro atoms. The second kappa shape index (κ2) is 7.37. The number of ether oxygens (including phenoxy) is 1. The van der Waals surface area contributed by atoms with Crippen molar-refractivity contribution in [2.24, 2.45) is 0 Å². The van der Waals surface area contributed by atoms with Crippen molar-refractivity contribution in [1.29, 1.82) is 0 Å². The van der Waals surface area contributed by atoms with Gasteiger partial charge in [0.25, 0.3) is 0 Å². The summed E-state index contributed by atoms with van der Waals surface area (Å²) in [7, 11) is 0.222. The van der Waals surface area contributed by atoms with Gasteiger partial charge in [-0.2, -0.15) is 0 Å². The predicted molar refractivity (Wildman–Crippen MR) is 102 cm³/mol. The second-order valence-electron chi connectivity index (χ2n) is 6.41. The third kappa shape index (κ3) is 4.16. The van der Waals surface area contributed by atoms with Gasteiger partial charge in [0, 0.05) is 18.8 Å². The lowest BCUT2D eigenvalue weighted by Crippen LogP contribution is -2.40. The lowest BCUT2D eigenvalue weighted by Gasteiger charge is -2.23. The minimum Gasteiger partial charge on any atom is -0.497 e. The molecule has 2 aromatic rings. The third-order valence-corrected chi connectivity index (χ3v) is 6.34. The Morgan fingerprint density at radius 2 is 1.85 bits per heavy atom. The number of nitrogens with zero attached hydrogens (tertiary/aromatic N) is 1. The maximum Gasteiger partial charge on any atom is 0.321 e. The fourth-order valence-electron chi connectivity index (χ4n) is 3.04. The van der Waals surface area contributed by atoms with Crippen molar-refractivity contribution < 1.29 is 17.9 Å². The first-order chi connectivity index (χ1) is 12.4. The van der Waals surface area contributed by atoms with Crippen LogP contribution in [0.15, 0.2) is 48.5 Å². The quantitative estimate of drug-likeness (QED) is 0.893. The SMILES string of the molecule is COc1cccc(-c2cccc(NC(=O)N(C)[C@@H]3CCS(=O)(=O)C3)c2)c1. The van der Waals surface area contributed by atoms with Crippen LogP contribution in [0.25, 0.3) is 11.1 Å². The number of methoxy groups -OCH3 is 1. The molecule has 1 heterocycles. The standard InChI is InChI=1S/C19H22N2O4S/c1-21(17-9-10-26(23,24)13-17)19(22)20-16-7-3-5-14(11-16)15-6-4-8-18(12-15)25-2/h3-8,11-12,17H,9-10,13H2,1-2H3,(H,20,22)/t17-/m1/s1. The molecule has 1 fully saturated rings. The molecule has 2 aromatic carbocycles. The van der Waals surface area contributed by atoms with Crippen LogP contribution in [0.4, 0.5) is 10.5 Å². The van der Waals surface area contributed by atoms with Gasteiger partial charge in [0.05, 0.1) is 18.6 Å². The van der Waals surface area contributed by atoms with Gasteiger partial charge in [0.1, 0.15) is 5.75 Å². The summed E-state index contributed by atoms with van der Waals surface area (Å²) in [4.78, 5) is 13.9. The Hall–Kier alpha value is -2.54. The first-order valence-corrected chi connectivity index (χ1v) is 10.2. The van der Waals surface area contributed by atoms with E-state index in [0.29, 0.717) is 12.1 Å². The van der Waals surface area contributed by atoms with Gasteiger partial charge in [0.2, 0.25) is 0 Å². The zero-order chi connectivity index (χ0) is 18.7. The number of sulfone groups is 1. The minimum absolute atomic E-state index is 0.0285. The molecule has 6 nitrogen and oxygen atoms in total. The molecule has 1 aliphatic heterocycles. The second-order valence-corrected chi connectivity index (χ2v) is 8.64. The number of anilines is 1. The molecule has 1 atom stereocenters. The molecule has 1 N–H and O–H groups in total. The number of benzene rings is 2. The smallest absolute Gasteiger partial charge is 0.321 e. The topological polar surface area (TPSA) is 75.7 Å². The monoisotopic (exact) mass is 374 g/mol. The Bertz CT molecular complexity index is 911. The van der Waals surface area contributed by atoms with Crippen molar-refractivity contribution in [3.8, 4) is 16.9 Å². The molecule has 0 aromatic heterocycles. The Morgan fingerprint density at radius 1 is 1.15 bits per heavy atom. The van der Waals surface area contributed by atoms with Crippen LogP contribution in [0.5, 0.6) is 5.75 Å². The van der Waals surface area contributed by atoms with Gasteiger partial charge < -0.3 is 15.0 Å². The maximum atomic E-state index is 12.5. The predicted octanol–water partition coefficient (Wildman–Crippen LogP) is 3.01. The highest BCUT2D eigenvalue weighted by Gasteiger charge is 2.32. The van der Waals surface area contributed by atoms with E-state index in [1.807, 2.05) is 42.5 Å². The lowest BCUT2D eigenvalue weighted by molar-refractivity contribution is 0.209. The fraction of sp³-hybridized carbons (Fsp3) is 0.316. The van der Waals surface area contributed by atoms with E-state index in [0.717, 1.165) is 16.9 Å². The normalized spacial score (nSPS) is 18.3. The van der Waals surface area contributed by atoms with Crippen molar-refractivity contribution in [2.45, 2.75) is 12.5 Å². The number of hydrogen-bond acceptors (Lipinski definition) is 4. The van der Waals surface area contributed by atoms with Crippen molar-refractivity contribution in [2.75, 3.05) is 31.0 Å². The summed E-state index contributed by atoms with van der Waals surface area (Å²) < 4.78 is 28.5. The summed E-state index contributed by atoms with van der Waals surface area (Å²) in [6.45, 7) is 0. The van der Waals surface area contributed by atoms with E-state index >= 15 is 0 Å². The Morgan fingerprint density at radius 3 is 2.50 bits per heavy atom. The lowest BCUT2D eigenvalue weighted by atomic mass is 10.0. The zero-order valence-corrected chi connectivity index (χ0v) is 15.6. The number of hydrogen-bond donors (Lipinski definition) is 1. The van der Waals surface area contributed by atoms with Crippen LogP contribution in [0.3, 0.4) is 0 Å². The maximum absolute atomic E-state index is 12.5. The largest absolute Gasteiger partial charge is 0.497 e. The van der Waals surface area contributed by atoms with Gasteiger partial charge in [-0.15, -0.1) is 0 Å². The van der Waals surface area contributed by atoms with E-state index in [4.69, 9.17) is 4.74 Å². The molecule has 138 valence electrons. The summed E-state index contributed by atoms with van der Waals surface area (Å²) in [6, 6.07) is 14.6. The summed E-state index contributed by atoms with van der Waals surface area (Å²) in [6.07, 6.45) is 0.482. The van der Waals surface area contributed by atoms with Crippen molar-refractivity contribution in [3.05, 3.63) is 48.5 Å². The van der Waals surface area contributed by atoms with E-state index in [1.165, 1.54) is 4.90 Å². The molecule has 7 heteroatoms. The van der Waals surface area contributed by atoms with Gasteiger partial charge in [-0.3, -0.25) is 0 Å². The number of nitrogens with one attached hydrogen (secondary N) is 1. The fourth-order valence-corrected chi connectivity index (χ4v) is 4.81. The summed E-state index contributed by atoms with van der Waals surface area (Å²) in [5.74, 6) is 0.931. The number of rotatable bonds is 4. The van der Waals surface area contributed by atoms with Gasteiger partial charge in [-0.25, -0.2) is 13.2 Å².